The number of carbonyl (C=O) groups is 1. The molecule has 2 N–H and O–H groups in total. The van der Waals surface area contributed by atoms with E-state index in [4.69, 9.17) is 4.74 Å². The zero-order valence-electron chi connectivity index (χ0n) is 17.7. The minimum absolute atomic E-state index is 0.327. The van der Waals surface area contributed by atoms with Crippen LogP contribution in [0.5, 0.6) is 5.75 Å². The first-order valence-corrected chi connectivity index (χ1v) is 10.3. The average molecular weight is 425 g/mol. The van der Waals surface area contributed by atoms with Gasteiger partial charge in [0.15, 0.2) is 0 Å². The third kappa shape index (κ3) is 4.68. The molecule has 1 amide bonds. The maximum atomic E-state index is 13.3. The van der Waals surface area contributed by atoms with E-state index in [1.54, 1.807) is 18.5 Å². The van der Waals surface area contributed by atoms with Crippen molar-refractivity contribution in [2.45, 2.75) is 12.1 Å². The Morgan fingerprint density at radius 3 is 2.09 bits per heavy atom. The van der Waals surface area contributed by atoms with Crippen LogP contribution >= 0.6 is 0 Å². The number of nitrogens with zero attached hydrogens (tertiary/aromatic N) is 1. The van der Waals surface area contributed by atoms with E-state index in [2.05, 4.69) is 10.3 Å². The molecule has 0 aliphatic heterocycles. The molecule has 0 fully saturated rings. The molecule has 2 atom stereocenters. The van der Waals surface area contributed by atoms with Crippen LogP contribution in [-0.4, -0.2) is 23.1 Å². The van der Waals surface area contributed by atoms with Gasteiger partial charge in [0.1, 0.15) is 11.9 Å². The maximum absolute atomic E-state index is 13.3. The smallest absolute Gasteiger partial charge is 0.255 e. The van der Waals surface area contributed by atoms with Gasteiger partial charge in [0.2, 0.25) is 0 Å². The topological polar surface area (TPSA) is 71.5 Å². The fourth-order valence-electron chi connectivity index (χ4n) is 3.67. The van der Waals surface area contributed by atoms with Gasteiger partial charge in [0.25, 0.3) is 5.91 Å². The van der Waals surface area contributed by atoms with Crippen LogP contribution in [0.25, 0.3) is 11.1 Å². The Kier molecular flexibility index (Phi) is 6.58. The van der Waals surface area contributed by atoms with Crippen molar-refractivity contribution in [3.8, 4) is 16.9 Å². The number of aliphatic hydroxyl groups excluding tert-OH is 1. The van der Waals surface area contributed by atoms with Crippen molar-refractivity contribution in [3.63, 3.8) is 0 Å². The molecule has 5 nitrogen and oxygen atoms in total. The van der Waals surface area contributed by atoms with E-state index in [-0.39, 0.29) is 5.91 Å². The van der Waals surface area contributed by atoms with Crippen LogP contribution in [0.1, 0.15) is 33.6 Å². The van der Waals surface area contributed by atoms with Gasteiger partial charge in [-0.1, -0.05) is 66.7 Å². The predicted molar refractivity (Wildman–Crippen MR) is 124 cm³/mol. The van der Waals surface area contributed by atoms with Gasteiger partial charge in [-0.2, -0.15) is 0 Å². The highest BCUT2D eigenvalue weighted by Crippen LogP contribution is 2.31. The summed E-state index contributed by atoms with van der Waals surface area (Å²) in [5.74, 6) is 0.129. The molecule has 0 saturated heterocycles. The molecule has 0 aliphatic rings. The number of ether oxygens (including phenoxy) is 1. The molecule has 1 aromatic heterocycles. The lowest BCUT2D eigenvalue weighted by molar-refractivity contribution is 0.0828. The molecule has 32 heavy (non-hydrogen) atoms. The predicted octanol–water partition coefficient (Wildman–Crippen LogP) is 4.96. The largest absolute Gasteiger partial charge is 0.496 e. The Hall–Kier alpha value is -3.96. The van der Waals surface area contributed by atoms with Gasteiger partial charge >= 0.3 is 0 Å². The molecule has 0 radical (unpaired) electrons. The number of hydrogen-bond donors (Lipinski definition) is 2. The van der Waals surface area contributed by atoms with Crippen molar-refractivity contribution < 1.29 is 14.6 Å². The summed E-state index contributed by atoms with van der Waals surface area (Å²) in [7, 11) is 1.54. The summed E-state index contributed by atoms with van der Waals surface area (Å²) in [6, 6.07) is 27.4. The Balaban J connectivity index is 1.65. The maximum Gasteiger partial charge on any atom is 0.255 e. The summed E-state index contributed by atoms with van der Waals surface area (Å²) in [6.07, 6.45) is 2.53. The van der Waals surface area contributed by atoms with Gasteiger partial charge in [0.05, 0.1) is 18.7 Å². The zero-order chi connectivity index (χ0) is 22.3. The summed E-state index contributed by atoms with van der Waals surface area (Å²) in [5, 5.41) is 14.1. The summed E-state index contributed by atoms with van der Waals surface area (Å²) in [4.78, 5) is 17.3. The normalized spacial score (nSPS) is 12.6. The molecular weight excluding hydrogens is 400 g/mol. The molecule has 3 aromatic carbocycles. The van der Waals surface area contributed by atoms with Crippen LogP contribution in [0.2, 0.25) is 0 Å². The van der Waals surface area contributed by atoms with Crippen LogP contribution in [0.4, 0.5) is 0 Å². The lowest BCUT2D eigenvalue weighted by Gasteiger charge is -2.25. The van der Waals surface area contributed by atoms with Crippen molar-refractivity contribution in [2.75, 3.05) is 7.11 Å². The molecule has 0 bridgehead atoms. The average Bonchev–Trinajstić information content (AvgIpc) is 2.88. The number of amides is 1. The van der Waals surface area contributed by atoms with Crippen molar-refractivity contribution in [2.24, 2.45) is 0 Å². The Labute approximate surface area is 187 Å². The highest BCUT2D eigenvalue weighted by molar-refractivity contribution is 5.98. The quantitative estimate of drug-likeness (QED) is 0.440. The Bertz CT molecular complexity index is 1170. The summed E-state index contributed by atoms with van der Waals surface area (Å²) in [6.45, 7) is 0. The first-order chi connectivity index (χ1) is 15.7. The summed E-state index contributed by atoms with van der Waals surface area (Å²) < 4.78 is 5.52. The van der Waals surface area contributed by atoms with Crippen molar-refractivity contribution in [1.82, 2.24) is 10.3 Å². The molecular formula is C27H24N2O3. The van der Waals surface area contributed by atoms with Gasteiger partial charge in [-0.05, 0) is 46.5 Å². The second-order valence-electron chi connectivity index (χ2n) is 7.37. The van der Waals surface area contributed by atoms with Crippen LogP contribution in [0.15, 0.2) is 103 Å². The number of aliphatic hydroxyl groups is 1. The third-order valence-corrected chi connectivity index (χ3v) is 5.36. The second-order valence-corrected chi connectivity index (χ2v) is 7.37. The molecule has 1 heterocycles. The molecule has 2 unspecified atom stereocenters. The number of hydrogen-bond acceptors (Lipinski definition) is 4. The van der Waals surface area contributed by atoms with Crippen molar-refractivity contribution in [3.05, 3.63) is 120 Å². The van der Waals surface area contributed by atoms with E-state index in [0.717, 1.165) is 22.3 Å². The number of nitrogens with one attached hydrogen (secondary N) is 1. The van der Waals surface area contributed by atoms with Gasteiger partial charge in [-0.15, -0.1) is 0 Å². The number of carbonyl (C=O) groups excluding carboxylic acids is 1. The van der Waals surface area contributed by atoms with Crippen molar-refractivity contribution in [1.29, 1.82) is 0 Å². The van der Waals surface area contributed by atoms with Crippen LogP contribution in [0, 0.1) is 0 Å². The zero-order valence-corrected chi connectivity index (χ0v) is 17.7. The minimum Gasteiger partial charge on any atom is -0.496 e. The van der Waals surface area contributed by atoms with Gasteiger partial charge < -0.3 is 15.2 Å². The standard InChI is InChI=1S/C27H24N2O3/c1-32-24-18-22(19-14-16-28-17-15-19)12-13-23(24)27(31)29-25(20-8-4-2-5-9-20)26(30)21-10-6-3-7-11-21/h2-18,25-26,30H,1H3,(H,29,31). The number of benzene rings is 3. The number of pyridine rings is 1. The lowest BCUT2D eigenvalue weighted by atomic mass is 9.95. The number of aromatic nitrogens is 1. The lowest BCUT2D eigenvalue weighted by Crippen LogP contribution is -2.33. The monoisotopic (exact) mass is 424 g/mol. The van der Waals surface area contributed by atoms with Gasteiger partial charge in [0, 0.05) is 12.4 Å². The third-order valence-electron chi connectivity index (χ3n) is 5.36. The SMILES string of the molecule is COc1cc(-c2ccncc2)ccc1C(=O)NC(c1ccccc1)C(O)c1ccccc1. The Morgan fingerprint density at radius 1 is 0.844 bits per heavy atom. The van der Waals surface area contributed by atoms with E-state index >= 15 is 0 Å². The van der Waals surface area contributed by atoms with Gasteiger partial charge in [-0.25, -0.2) is 0 Å². The minimum atomic E-state index is -0.912. The van der Waals surface area contributed by atoms with E-state index in [0.29, 0.717) is 11.3 Å². The highest BCUT2D eigenvalue weighted by Gasteiger charge is 2.26. The first-order valence-electron chi connectivity index (χ1n) is 10.3. The molecule has 5 heteroatoms. The van der Waals surface area contributed by atoms with E-state index < -0.39 is 12.1 Å². The van der Waals surface area contributed by atoms with Gasteiger partial charge in [-0.3, -0.25) is 9.78 Å². The van der Waals surface area contributed by atoms with E-state index in [1.165, 1.54) is 7.11 Å². The van der Waals surface area contributed by atoms with Crippen LogP contribution in [0.3, 0.4) is 0 Å². The summed E-state index contributed by atoms with van der Waals surface area (Å²) in [5.41, 5.74) is 3.83. The second kappa shape index (κ2) is 9.90. The van der Waals surface area contributed by atoms with E-state index in [1.807, 2.05) is 84.9 Å². The molecule has 0 spiro atoms. The molecule has 0 aliphatic carbocycles. The van der Waals surface area contributed by atoms with Crippen LogP contribution < -0.4 is 10.1 Å². The molecule has 0 saturated carbocycles. The highest BCUT2D eigenvalue weighted by atomic mass is 16.5. The van der Waals surface area contributed by atoms with Crippen LogP contribution in [-0.2, 0) is 0 Å². The summed E-state index contributed by atoms with van der Waals surface area (Å²) >= 11 is 0. The Morgan fingerprint density at radius 2 is 1.47 bits per heavy atom. The molecule has 4 aromatic rings. The van der Waals surface area contributed by atoms with E-state index in [9.17, 15) is 9.90 Å². The fraction of sp³-hybridized carbons (Fsp3) is 0.111. The first kappa shape index (κ1) is 21.3. The number of rotatable bonds is 7. The number of methoxy groups -OCH3 is 1. The molecule has 4 rings (SSSR count). The van der Waals surface area contributed by atoms with Crippen molar-refractivity contribution >= 4 is 5.91 Å². The fourth-order valence-corrected chi connectivity index (χ4v) is 3.67. The molecule has 160 valence electrons.